The van der Waals surface area contributed by atoms with Crippen molar-refractivity contribution in [1.29, 1.82) is 0 Å². The van der Waals surface area contributed by atoms with Crippen LogP contribution in [0, 0.1) is 5.92 Å². The Morgan fingerprint density at radius 2 is 1.97 bits per heavy atom. The van der Waals surface area contributed by atoms with Crippen LogP contribution < -0.4 is 5.69 Å². The van der Waals surface area contributed by atoms with E-state index in [0.717, 1.165) is 25.1 Å². The molecule has 4 rings (SSSR count). The minimum Gasteiger partial charge on any atom is -0.341 e. The molecule has 0 aliphatic carbocycles. The Morgan fingerprint density at radius 1 is 1.24 bits per heavy atom. The van der Waals surface area contributed by atoms with Crippen molar-refractivity contribution in [2.75, 3.05) is 13.1 Å². The molecule has 0 radical (unpaired) electrons. The highest BCUT2D eigenvalue weighted by atomic mass is 19.4. The Hall–Kier alpha value is -2.65. The molecule has 1 fully saturated rings. The molecule has 4 heterocycles. The van der Waals surface area contributed by atoms with Gasteiger partial charge in [-0.25, -0.2) is 9.48 Å². The van der Waals surface area contributed by atoms with Crippen molar-refractivity contribution in [3.8, 4) is 0 Å². The second-order valence-electron chi connectivity index (χ2n) is 7.87. The first-order valence-electron chi connectivity index (χ1n) is 9.73. The molecule has 10 heteroatoms. The number of carbonyl (C=O) groups excluding carboxylic acids is 1. The average molecular weight is 409 g/mol. The number of aromatic nitrogens is 4. The number of likely N-dealkylation sites (tertiary alicyclic amines) is 1. The molecule has 2 aromatic rings. The van der Waals surface area contributed by atoms with E-state index in [2.05, 4.69) is 10.1 Å². The molecule has 7 nitrogen and oxygen atoms in total. The Morgan fingerprint density at radius 3 is 2.59 bits per heavy atom. The number of pyridine rings is 1. The zero-order valence-corrected chi connectivity index (χ0v) is 16.0. The fourth-order valence-electron chi connectivity index (χ4n) is 4.12. The van der Waals surface area contributed by atoms with Gasteiger partial charge in [-0.2, -0.15) is 18.3 Å². The van der Waals surface area contributed by atoms with E-state index in [4.69, 9.17) is 0 Å². The maximum absolute atomic E-state index is 13.0. The maximum Gasteiger partial charge on any atom is 0.433 e. The van der Waals surface area contributed by atoms with Gasteiger partial charge in [0.05, 0.1) is 6.54 Å². The van der Waals surface area contributed by atoms with Crippen LogP contribution in [0.3, 0.4) is 0 Å². The molecule has 0 bridgehead atoms. The number of hydrogen-bond donors (Lipinski definition) is 0. The fraction of sp³-hybridized carbons (Fsp3) is 0.579. The number of nitrogens with zero attached hydrogens (tertiary/aromatic N) is 5. The van der Waals surface area contributed by atoms with Gasteiger partial charge in [-0.15, -0.1) is 0 Å². The lowest BCUT2D eigenvalue weighted by Crippen LogP contribution is -2.42. The highest BCUT2D eigenvalue weighted by Crippen LogP contribution is 2.30. The van der Waals surface area contributed by atoms with E-state index in [1.807, 2.05) is 6.92 Å². The van der Waals surface area contributed by atoms with Gasteiger partial charge in [0.2, 0.25) is 5.91 Å². The van der Waals surface area contributed by atoms with E-state index in [9.17, 15) is 22.8 Å². The lowest BCUT2D eigenvalue weighted by Gasteiger charge is -2.30. The van der Waals surface area contributed by atoms with Crippen LogP contribution in [0.2, 0.25) is 0 Å². The van der Waals surface area contributed by atoms with Gasteiger partial charge in [-0.1, -0.05) is 13.0 Å². The van der Waals surface area contributed by atoms with E-state index >= 15 is 0 Å². The summed E-state index contributed by atoms with van der Waals surface area (Å²) in [4.78, 5) is 31.2. The number of rotatable bonds is 3. The fourth-order valence-corrected chi connectivity index (χ4v) is 4.12. The summed E-state index contributed by atoms with van der Waals surface area (Å²) in [5, 5.41) is 4.37. The predicted molar refractivity (Wildman–Crippen MR) is 97.2 cm³/mol. The van der Waals surface area contributed by atoms with Crippen molar-refractivity contribution in [2.24, 2.45) is 5.92 Å². The first-order chi connectivity index (χ1) is 13.7. The van der Waals surface area contributed by atoms with E-state index in [0.29, 0.717) is 37.3 Å². The summed E-state index contributed by atoms with van der Waals surface area (Å²) in [5.74, 6) is 0.710. The van der Waals surface area contributed by atoms with E-state index in [-0.39, 0.29) is 18.4 Å². The standard InChI is InChI=1S/C19H22F3N5O2/c1-12-8-14(17(28)25-6-2-3-7-25)27-16(9-12)24-26(18(27)29)11-13-4-5-15(23-10-13)19(20,21)22/h4-5,10,12,14H,2-3,6-9,11H2,1H3. The molecule has 29 heavy (non-hydrogen) atoms. The topological polar surface area (TPSA) is 73.0 Å². The van der Waals surface area contributed by atoms with Crippen molar-refractivity contribution in [3.05, 3.63) is 45.9 Å². The number of carbonyl (C=O) groups is 1. The van der Waals surface area contributed by atoms with Crippen molar-refractivity contribution < 1.29 is 18.0 Å². The smallest absolute Gasteiger partial charge is 0.341 e. The summed E-state index contributed by atoms with van der Waals surface area (Å²) in [6.45, 7) is 3.44. The second kappa shape index (κ2) is 7.31. The van der Waals surface area contributed by atoms with Gasteiger partial charge in [-0.05, 0) is 36.8 Å². The van der Waals surface area contributed by atoms with Crippen LogP contribution in [0.25, 0.3) is 0 Å². The molecular weight excluding hydrogens is 387 g/mol. The van der Waals surface area contributed by atoms with Crippen molar-refractivity contribution >= 4 is 5.91 Å². The van der Waals surface area contributed by atoms with Gasteiger partial charge >= 0.3 is 11.9 Å². The van der Waals surface area contributed by atoms with Gasteiger partial charge in [0, 0.05) is 25.7 Å². The Kier molecular flexibility index (Phi) is 4.95. The van der Waals surface area contributed by atoms with E-state index in [1.165, 1.54) is 15.3 Å². The van der Waals surface area contributed by atoms with Gasteiger partial charge in [0.15, 0.2) is 0 Å². The molecule has 1 saturated heterocycles. The lowest BCUT2D eigenvalue weighted by atomic mass is 9.93. The summed E-state index contributed by atoms with van der Waals surface area (Å²) >= 11 is 0. The van der Waals surface area contributed by atoms with Crippen LogP contribution in [-0.2, 0) is 23.9 Å². The van der Waals surface area contributed by atoms with Gasteiger partial charge in [-0.3, -0.25) is 14.3 Å². The molecule has 156 valence electrons. The second-order valence-corrected chi connectivity index (χ2v) is 7.87. The largest absolute Gasteiger partial charge is 0.433 e. The molecule has 2 aliphatic heterocycles. The maximum atomic E-state index is 13.0. The van der Waals surface area contributed by atoms with Crippen LogP contribution >= 0.6 is 0 Å². The molecule has 0 aromatic carbocycles. The minimum atomic E-state index is -4.51. The summed E-state index contributed by atoms with van der Waals surface area (Å²) in [5.41, 5.74) is -0.960. The van der Waals surface area contributed by atoms with Gasteiger partial charge < -0.3 is 4.90 Å². The Bertz CT molecular complexity index is 958. The van der Waals surface area contributed by atoms with Crippen LogP contribution in [0.5, 0.6) is 0 Å². The van der Waals surface area contributed by atoms with Gasteiger partial charge in [0.25, 0.3) is 0 Å². The highest BCUT2D eigenvalue weighted by molar-refractivity contribution is 5.81. The molecule has 2 aliphatic rings. The third-order valence-electron chi connectivity index (χ3n) is 5.56. The summed E-state index contributed by atoms with van der Waals surface area (Å²) in [6.07, 6.45) is -0.315. The monoisotopic (exact) mass is 409 g/mol. The zero-order chi connectivity index (χ0) is 20.8. The van der Waals surface area contributed by atoms with Crippen molar-refractivity contribution in [2.45, 2.75) is 51.4 Å². The van der Waals surface area contributed by atoms with Crippen LogP contribution in [0.4, 0.5) is 13.2 Å². The predicted octanol–water partition coefficient (Wildman–Crippen LogP) is 2.25. The summed E-state index contributed by atoms with van der Waals surface area (Å²) in [7, 11) is 0. The first-order valence-corrected chi connectivity index (χ1v) is 9.73. The molecule has 0 spiro atoms. The molecule has 0 N–H and O–H groups in total. The average Bonchev–Trinajstić information content (AvgIpc) is 3.29. The molecular formula is C19H22F3N5O2. The van der Waals surface area contributed by atoms with Crippen LogP contribution in [0.1, 0.15) is 49.3 Å². The van der Waals surface area contributed by atoms with Crippen molar-refractivity contribution in [3.63, 3.8) is 0 Å². The molecule has 0 saturated carbocycles. The summed E-state index contributed by atoms with van der Waals surface area (Å²) < 4.78 is 40.7. The normalized spacial score (nSPS) is 22.0. The minimum absolute atomic E-state index is 0.00295. The Balaban J connectivity index is 1.62. The molecule has 1 amide bonds. The first kappa shape index (κ1) is 19.7. The number of amides is 1. The third-order valence-corrected chi connectivity index (χ3v) is 5.56. The summed E-state index contributed by atoms with van der Waals surface area (Å²) in [6, 6.07) is 1.60. The van der Waals surface area contributed by atoms with Gasteiger partial charge in [0.1, 0.15) is 17.6 Å². The number of alkyl halides is 3. The Labute approximate surface area is 165 Å². The zero-order valence-electron chi connectivity index (χ0n) is 16.0. The SMILES string of the molecule is CC1Cc2nn(Cc3ccc(C(F)(F)F)nc3)c(=O)n2C(C(=O)N2CCCC2)C1. The molecule has 2 atom stereocenters. The quantitative estimate of drug-likeness (QED) is 0.780. The lowest BCUT2D eigenvalue weighted by molar-refractivity contribution is -0.141. The van der Waals surface area contributed by atoms with Crippen LogP contribution in [-0.4, -0.2) is 43.2 Å². The van der Waals surface area contributed by atoms with Crippen molar-refractivity contribution in [1.82, 2.24) is 24.2 Å². The van der Waals surface area contributed by atoms with Crippen LogP contribution in [0.15, 0.2) is 23.1 Å². The third kappa shape index (κ3) is 3.79. The molecule has 2 unspecified atom stereocenters. The van der Waals surface area contributed by atoms with E-state index < -0.39 is 23.6 Å². The number of hydrogen-bond acceptors (Lipinski definition) is 4. The highest BCUT2D eigenvalue weighted by Gasteiger charge is 2.36. The number of fused-ring (bicyclic) bond motifs is 1. The van der Waals surface area contributed by atoms with E-state index in [1.54, 1.807) is 4.90 Å². The number of halogens is 3. The molecule has 2 aromatic heterocycles.